The Balaban J connectivity index is 1.78. The Hall–Kier alpha value is -3.14. The molecule has 2 aromatic rings. The highest BCUT2D eigenvalue weighted by Crippen LogP contribution is 2.19. The zero-order chi connectivity index (χ0) is 16.1. The van der Waals surface area contributed by atoms with Crippen molar-refractivity contribution >= 4 is 18.2 Å². The van der Waals surface area contributed by atoms with Crippen LogP contribution in [0.2, 0.25) is 0 Å². The third-order valence-electron chi connectivity index (χ3n) is 3.45. The largest absolute Gasteiger partial charge is 0.505 e. The minimum absolute atomic E-state index is 0.0735. The summed E-state index contributed by atoms with van der Waals surface area (Å²) in [6, 6.07) is 19.2. The SMILES string of the molecule is O=C1NC(=Cc2ccccc2)C(O)=C1C=NCc1ccccc1. The van der Waals surface area contributed by atoms with Gasteiger partial charge in [0.2, 0.25) is 0 Å². The molecule has 0 unspecified atom stereocenters. The molecule has 0 bridgehead atoms. The van der Waals surface area contributed by atoms with Crippen molar-refractivity contribution in [3.8, 4) is 0 Å². The number of carbonyl (C=O) groups excluding carboxylic acids is 1. The molecule has 4 heteroatoms. The van der Waals surface area contributed by atoms with Gasteiger partial charge < -0.3 is 10.4 Å². The van der Waals surface area contributed by atoms with Gasteiger partial charge in [0, 0.05) is 6.21 Å². The molecule has 0 saturated carbocycles. The van der Waals surface area contributed by atoms with Gasteiger partial charge in [-0.2, -0.15) is 0 Å². The van der Waals surface area contributed by atoms with E-state index < -0.39 is 0 Å². The van der Waals surface area contributed by atoms with Gasteiger partial charge in [-0.3, -0.25) is 9.79 Å². The van der Waals surface area contributed by atoms with Gasteiger partial charge in [0.1, 0.15) is 5.57 Å². The van der Waals surface area contributed by atoms with Gasteiger partial charge >= 0.3 is 0 Å². The highest BCUT2D eigenvalue weighted by atomic mass is 16.3. The predicted molar refractivity (Wildman–Crippen MR) is 90.9 cm³/mol. The topological polar surface area (TPSA) is 61.7 Å². The average Bonchev–Trinajstić information content (AvgIpc) is 2.84. The van der Waals surface area contributed by atoms with Gasteiger partial charge in [-0.15, -0.1) is 0 Å². The van der Waals surface area contributed by atoms with E-state index in [1.54, 1.807) is 6.08 Å². The summed E-state index contributed by atoms with van der Waals surface area (Å²) in [7, 11) is 0. The lowest BCUT2D eigenvalue weighted by Gasteiger charge is -1.99. The molecule has 0 radical (unpaired) electrons. The molecule has 2 N–H and O–H groups in total. The Labute approximate surface area is 134 Å². The number of rotatable bonds is 4. The molecule has 1 aliphatic rings. The second kappa shape index (κ2) is 6.75. The van der Waals surface area contributed by atoms with Crippen molar-refractivity contribution in [2.24, 2.45) is 4.99 Å². The summed E-state index contributed by atoms with van der Waals surface area (Å²) in [5, 5.41) is 12.9. The number of aliphatic imine (C=N–C) groups is 1. The Bertz CT molecular complexity index is 791. The van der Waals surface area contributed by atoms with E-state index in [1.165, 1.54) is 6.21 Å². The zero-order valence-corrected chi connectivity index (χ0v) is 12.4. The maximum absolute atomic E-state index is 12.0. The van der Waals surface area contributed by atoms with Crippen LogP contribution in [-0.4, -0.2) is 17.2 Å². The van der Waals surface area contributed by atoms with Crippen LogP contribution in [0.15, 0.2) is 82.7 Å². The smallest absolute Gasteiger partial charge is 0.261 e. The number of carbonyl (C=O) groups is 1. The number of hydrogen-bond acceptors (Lipinski definition) is 3. The van der Waals surface area contributed by atoms with Gasteiger partial charge in [0.25, 0.3) is 5.91 Å². The third-order valence-corrected chi connectivity index (χ3v) is 3.45. The van der Waals surface area contributed by atoms with Gasteiger partial charge in [0.15, 0.2) is 5.76 Å². The molecule has 2 aromatic carbocycles. The number of hydrogen-bond donors (Lipinski definition) is 2. The van der Waals surface area contributed by atoms with E-state index >= 15 is 0 Å². The molecule has 4 nitrogen and oxygen atoms in total. The van der Waals surface area contributed by atoms with Crippen molar-refractivity contribution in [3.05, 3.63) is 88.8 Å². The Kier molecular flexibility index (Phi) is 4.34. The fourth-order valence-corrected chi connectivity index (χ4v) is 2.27. The molecule has 0 spiro atoms. The van der Waals surface area contributed by atoms with E-state index in [9.17, 15) is 9.90 Å². The molecule has 1 aliphatic heterocycles. The first-order chi connectivity index (χ1) is 11.2. The molecule has 0 aliphatic carbocycles. The summed E-state index contributed by atoms with van der Waals surface area (Å²) in [6.07, 6.45) is 3.15. The van der Waals surface area contributed by atoms with Crippen LogP contribution >= 0.6 is 0 Å². The lowest BCUT2D eigenvalue weighted by Crippen LogP contribution is -2.16. The second-order valence-corrected chi connectivity index (χ2v) is 5.14. The molecule has 0 fully saturated rings. The Morgan fingerprint density at radius 2 is 1.65 bits per heavy atom. The fourth-order valence-electron chi connectivity index (χ4n) is 2.27. The van der Waals surface area contributed by atoms with Crippen LogP contribution in [0.25, 0.3) is 6.08 Å². The third kappa shape index (κ3) is 3.55. The van der Waals surface area contributed by atoms with E-state index in [0.717, 1.165) is 11.1 Å². The van der Waals surface area contributed by atoms with Crippen molar-refractivity contribution in [2.45, 2.75) is 6.54 Å². The van der Waals surface area contributed by atoms with Crippen LogP contribution in [0.4, 0.5) is 0 Å². The summed E-state index contributed by atoms with van der Waals surface area (Å²) >= 11 is 0. The summed E-state index contributed by atoms with van der Waals surface area (Å²) in [5.74, 6) is -0.419. The van der Waals surface area contributed by atoms with Gasteiger partial charge in [-0.1, -0.05) is 60.7 Å². The molecular weight excluding hydrogens is 288 g/mol. The first kappa shape index (κ1) is 14.8. The van der Waals surface area contributed by atoms with E-state index in [0.29, 0.717) is 12.2 Å². The quantitative estimate of drug-likeness (QED) is 0.852. The van der Waals surface area contributed by atoms with E-state index in [4.69, 9.17) is 0 Å². The highest BCUT2D eigenvalue weighted by molar-refractivity contribution is 6.16. The van der Waals surface area contributed by atoms with Crippen LogP contribution in [0.5, 0.6) is 0 Å². The molecule has 114 valence electrons. The van der Waals surface area contributed by atoms with Crippen LogP contribution in [0.3, 0.4) is 0 Å². The standard InChI is InChI=1S/C19H16N2O2/c22-18-16(13-20-12-15-9-5-2-6-10-15)19(23)21-17(18)11-14-7-3-1-4-8-14/h1-11,13,22H,12H2,(H,21,23). The number of nitrogens with zero attached hydrogens (tertiary/aromatic N) is 1. The lowest BCUT2D eigenvalue weighted by atomic mass is 10.1. The highest BCUT2D eigenvalue weighted by Gasteiger charge is 2.25. The van der Waals surface area contributed by atoms with Crippen LogP contribution in [0, 0.1) is 0 Å². The van der Waals surface area contributed by atoms with Crippen molar-refractivity contribution in [1.82, 2.24) is 5.32 Å². The molecule has 1 amide bonds. The van der Waals surface area contributed by atoms with Crippen LogP contribution in [0.1, 0.15) is 11.1 Å². The number of aliphatic hydroxyl groups is 1. The number of amides is 1. The summed E-state index contributed by atoms with van der Waals surface area (Å²) in [4.78, 5) is 16.2. The van der Waals surface area contributed by atoms with E-state index in [-0.39, 0.29) is 17.2 Å². The minimum Gasteiger partial charge on any atom is -0.505 e. The minimum atomic E-state index is -0.346. The predicted octanol–water partition coefficient (Wildman–Crippen LogP) is 3.24. The van der Waals surface area contributed by atoms with E-state index in [1.807, 2.05) is 60.7 Å². The fraction of sp³-hybridized carbons (Fsp3) is 0.0526. The molecular formula is C19H16N2O2. The summed E-state index contributed by atoms with van der Waals surface area (Å²) in [6.45, 7) is 0.461. The van der Waals surface area contributed by atoms with Crippen molar-refractivity contribution in [3.63, 3.8) is 0 Å². The molecule has 0 atom stereocenters. The summed E-state index contributed by atoms with van der Waals surface area (Å²) in [5.41, 5.74) is 2.52. The summed E-state index contributed by atoms with van der Waals surface area (Å²) < 4.78 is 0. The first-order valence-corrected chi connectivity index (χ1v) is 7.29. The number of benzene rings is 2. The monoisotopic (exact) mass is 304 g/mol. The zero-order valence-electron chi connectivity index (χ0n) is 12.4. The molecule has 1 heterocycles. The average molecular weight is 304 g/mol. The molecule has 3 rings (SSSR count). The number of nitrogens with one attached hydrogen (secondary N) is 1. The van der Waals surface area contributed by atoms with Crippen molar-refractivity contribution < 1.29 is 9.90 Å². The number of aliphatic hydroxyl groups excluding tert-OH is 1. The van der Waals surface area contributed by atoms with Crippen LogP contribution in [-0.2, 0) is 11.3 Å². The van der Waals surface area contributed by atoms with Gasteiger partial charge in [-0.05, 0) is 17.2 Å². The van der Waals surface area contributed by atoms with Crippen LogP contribution < -0.4 is 5.32 Å². The molecule has 23 heavy (non-hydrogen) atoms. The van der Waals surface area contributed by atoms with Gasteiger partial charge in [0.05, 0.1) is 12.2 Å². The maximum Gasteiger partial charge on any atom is 0.261 e. The Morgan fingerprint density at radius 1 is 1.00 bits per heavy atom. The Morgan fingerprint density at radius 3 is 2.35 bits per heavy atom. The first-order valence-electron chi connectivity index (χ1n) is 7.29. The lowest BCUT2D eigenvalue weighted by molar-refractivity contribution is -0.115. The normalized spacial score (nSPS) is 16.3. The van der Waals surface area contributed by atoms with Crippen molar-refractivity contribution in [1.29, 1.82) is 0 Å². The van der Waals surface area contributed by atoms with Gasteiger partial charge in [-0.25, -0.2) is 0 Å². The second-order valence-electron chi connectivity index (χ2n) is 5.14. The van der Waals surface area contributed by atoms with E-state index in [2.05, 4.69) is 10.3 Å². The molecule has 0 aromatic heterocycles. The molecule has 0 saturated heterocycles. The maximum atomic E-state index is 12.0. The van der Waals surface area contributed by atoms with Crippen molar-refractivity contribution in [2.75, 3.05) is 0 Å².